The van der Waals surface area contributed by atoms with Gasteiger partial charge in [-0.1, -0.05) is 6.61 Å². The summed E-state index contributed by atoms with van der Waals surface area (Å²) >= 11 is 0. The minimum absolute atomic E-state index is 0. The van der Waals surface area contributed by atoms with E-state index in [1.807, 2.05) is 30.3 Å². The fraction of sp³-hybridized carbons (Fsp3) is 0.333. The van der Waals surface area contributed by atoms with Crippen LogP contribution in [0.3, 0.4) is 0 Å². The molecule has 0 atom stereocenters. The summed E-state index contributed by atoms with van der Waals surface area (Å²) in [6.07, 6.45) is 0. The molecule has 0 aliphatic rings. The molecule has 1 aromatic rings. The van der Waals surface area contributed by atoms with E-state index in [2.05, 4.69) is 9.47 Å². The third kappa shape index (κ3) is 31.3. The average molecular weight is 352 g/mol. The van der Waals surface area contributed by atoms with Crippen LogP contribution in [0.5, 0.6) is 0 Å². The van der Waals surface area contributed by atoms with Gasteiger partial charge in [-0.25, -0.2) is 12.1 Å². The second-order valence-electron chi connectivity index (χ2n) is 1.82. The second-order valence-corrected chi connectivity index (χ2v) is 1.82. The molecule has 0 heterocycles. The summed E-state index contributed by atoms with van der Waals surface area (Å²) in [7, 11) is 3.22. The second kappa shape index (κ2) is 29.4. The van der Waals surface area contributed by atoms with E-state index in [0.717, 1.165) is 0 Å². The molecule has 0 amide bonds. The Hall–Kier alpha value is 1.02. The zero-order valence-corrected chi connectivity index (χ0v) is 13.3. The summed E-state index contributed by atoms with van der Waals surface area (Å²) in [5.41, 5.74) is 0. The number of rotatable bonds is 3. The fourth-order valence-corrected chi connectivity index (χ4v) is 0.457. The van der Waals surface area contributed by atoms with Crippen LogP contribution in [0.15, 0.2) is 30.3 Å². The molecular weight excluding hydrogens is 338 g/mol. The van der Waals surface area contributed by atoms with Crippen LogP contribution in [0.1, 0.15) is 0 Å². The Labute approximate surface area is 130 Å². The molecule has 0 aliphatic carbocycles. The summed E-state index contributed by atoms with van der Waals surface area (Å²) in [5, 5.41) is 0. The monoisotopic (exact) mass is 349 g/mol. The van der Waals surface area contributed by atoms with Crippen LogP contribution in [0, 0.1) is 6.61 Å². The van der Waals surface area contributed by atoms with Crippen LogP contribution in [0.25, 0.3) is 0 Å². The van der Waals surface area contributed by atoms with E-state index in [9.17, 15) is 0 Å². The molecule has 1 radical (unpaired) electrons. The number of hydrogen-bond acceptors (Lipinski definition) is 2. The van der Waals surface area contributed by atoms with Gasteiger partial charge in [0.25, 0.3) is 0 Å². The molecule has 0 spiro atoms. The van der Waals surface area contributed by atoms with Crippen LogP contribution >= 0.6 is 0 Å². The van der Waals surface area contributed by atoms with E-state index >= 15 is 0 Å². The van der Waals surface area contributed by atoms with Crippen molar-refractivity contribution in [2.45, 2.75) is 0 Å². The maximum atomic E-state index is 4.60. The summed E-state index contributed by atoms with van der Waals surface area (Å²) in [6, 6.07) is 10.0. The molecule has 0 aromatic heterocycles. The van der Waals surface area contributed by atoms with E-state index in [1.54, 1.807) is 20.8 Å². The van der Waals surface area contributed by atoms with Gasteiger partial charge in [-0.3, -0.25) is 0 Å². The predicted molar refractivity (Wildman–Crippen MR) is 45.2 cm³/mol. The smallest absolute Gasteiger partial charge is 1.00 e. The van der Waals surface area contributed by atoms with E-state index in [4.69, 9.17) is 0 Å². The van der Waals surface area contributed by atoms with Gasteiger partial charge in [-0.05, 0) is 7.11 Å². The van der Waals surface area contributed by atoms with Crippen LogP contribution < -0.4 is 37.2 Å². The fourth-order valence-electron chi connectivity index (χ4n) is 0.457. The minimum atomic E-state index is 0. The van der Waals surface area contributed by atoms with E-state index in [1.165, 1.54) is 0 Å². The van der Waals surface area contributed by atoms with E-state index < -0.39 is 0 Å². The normalized spacial score (nSPS) is 6.27. The van der Waals surface area contributed by atoms with Crippen molar-refractivity contribution in [3.05, 3.63) is 36.9 Å². The van der Waals surface area contributed by atoms with Crippen molar-refractivity contribution in [1.82, 2.24) is 0 Å². The Kier molecular flexibility index (Phi) is 58.3. The van der Waals surface area contributed by atoms with Crippen molar-refractivity contribution in [2.24, 2.45) is 0 Å². The van der Waals surface area contributed by atoms with Gasteiger partial charge < -0.3 is 46.7 Å². The van der Waals surface area contributed by atoms with Gasteiger partial charge in [0.2, 0.25) is 0 Å². The molecule has 0 bridgehead atoms. The topological polar surface area (TPSA) is 18.5 Å². The largest absolute Gasteiger partial charge is 3.00 e. The van der Waals surface area contributed by atoms with Gasteiger partial charge in [0.1, 0.15) is 0 Å². The Balaban J connectivity index is -0.0000000352. The average Bonchev–Trinajstić information content (AvgIpc) is 2.57. The van der Waals surface area contributed by atoms with Gasteiger partial charge in [-0.15, -0.1) is 0 Å². The molecule has 0 fully saturated rings. The summed E-state index contributed by atoms with van der Waals surface area (Å²) in [6.45, 7) is 2.15. The number of halogens is 3. The van der Waals surface area contributed by atoms with Crippen molar-refractivity contribution in [2.75, 3.05) is 20.8 Å². The first-order valence-electron chi connectivity index (χ1n) is 3.42. The summed E-state index contributed by atoms with van der Waals surface area (Å²) in [4.78, 5) is 0. The Morgan fingerprint density at radius 1 is 1.07 bits per heavy atom. The molecule has 15 heavy (non-hydrogen) atoms. The molecule has 1 rings (SSSR count). The van der Waals surface area contributed by atoms with Crippen molar-refractivity contribution >= 4 is 0 Å². The standard InChI is InChI=1S/C5H5.C4H9O2.3ClH.Zr/c1-2-4-5-3-1;1-5-3-4-6-2;;;;/h1-5H;3H,4H2,1-2H3;3*1H;/q2*-1;;;;+3/p-3. The molecular formula is C9H14Cl3O2Zr-2. The molecule has 0 aliphatic heterocycles. The molecule has 1 aromatic carbocycles. The SMILES string of the molecule is CO[CH-]COC.[Cl-].[Cl-].[Cl-].[Zr+3].c1cc[cH-]c1. The number of hydrogen-bond donors (Lipinski definition) is 0. The van der Waals surface area contributed by atoms with Crippen molar-refractivity contribution in [3.8, 4) is 0 Å². The molecule has 0 saturated carbocycles. The van der Waals surface area contributed by atoms with Crippen molar-refractivity contribution in [3.63, 3.8) is 0 Å². The van der Waals surface area contributed by atoms with Gasteiger partial charge in [0, 0.05) is 7.11 Å². The first-order chi connectivity index (χ1) is 5.41. The zero-order valence-electron chi connectivity index (χ0n) is 8.62. The van der Waals surface area contributed by atoms with Crippen molar-refractivity contribution < 1.29 is 72.9 Å². The first-order valence-corrected chi connectivity index (χ1v) is 3.42. The third-order valence-corrected chi connectivity index (χ3v) is 0.957. The Bertz CT molecular complexity index is 119. The first kappa shape index (κ1) is 29.8. The van der Waals surface area contributed by atoms with E-state index in [-0.39, 0.29) is 63.4 Å². The summed E-state index contributed by atoms with van der Waals surface area (Å²) < 4.78 is 9.13. The Morgan fingerprint density at radius 3 is 1.67 bits per heavy atom. The van der Waals surface area contributed by atoms with Crippen LogP contribution in [0.4, 0.5) is 0 Å². The molecule has 6 heteroatoms. The maximum absolute atomic E-state index is 4.60. The minimum Gasteiger partial charge on any atom is -1.00 e. The predicted octanol–water partition coefficient (Wildman–Crippen LogP) is -7.14. The Morgan fingerprint density at radius 2 is 1.53 bits per heavy atom. The molecule has 0 saturated heterocycles. The van der Waals surface area contributed by atoms with Gasteiger partial charge in [0.05, 0.1) is 0 Å². The van der Waals surface area contributed by atoms with Crippen LogP contribution in [-0.4, -0.2) is 20.8 Å². The summed E-state index contributed by atoms with van der Waals surface area (Å²) in [5.74, 6) is 0. The zero-order chi connectivity index (χ0) is 8.36. The molecule has 89 valence electrons. The van der Waals surface area contributed by atoms with Gasteiger partial charge in [-0.2, -0.15) is 24.8 Å². The quantitative estimate of drug-likeness (QED) is 0.398. The van der Waals surface area contributed by atoms with Crippen LogP contribution in [0.2, 0.25) is 0 Å². The van der Waals surface area contributed by atoms with Gasteiger partial charge in [0.15, 0.2) is 0 Å². The molecule has 0 unspecified atom stereocenters. The van der Waals surface area contributed by atoms with Crippen molar-refractivity contribution in [1.29, 1.82) is 0 Å². The maximum Gasteiger partial charge on any atom is 3.00 e. The number of methoxy groups -OCH3 is 2. The van der Waals surface area contributed by atoms with Gasteiger partial charge >= 0.3 is 26.2 Å². The molecule has 2 nitrogen and oxygen atoms in total. The molecule has 0 N–H and O–H groups in total. The van der Waals surface area contributed by atoms with Crippen LogP contribution in [-0.2, 0) is 35.7 Å². The third-order valence-electron chi connectivity index (χ3n) is 0.957. The number of ether oxygens (including phenoxy) is 2. The van der Waals surface area contributed by atoms with E-state index in [0.29, 0.717) is 6.61 Å².